The van der Waals surface area contributed by atoms with Crippen LogP contribution >= 0.6 is 0 Å². The Morgan fingerprint density at radius 2 is 1.90 bits per heavy atom. The number of ether oxygens (including phenoxy) is 3. The molecule has 0 amide bonds. The lowest BCUT2D eigenvalue weighted by Crippen LogP contribution is -2.21. The molecule has 1 aliphatic rings. The predicted octanol–water partition coefficient (Wildman–Crippen LogP) is 4.46. The number of aromatic nitrogens is 1. The summed E-state index contributed by atoms with van der Waals surface area (Å²) in [6.45, 7) is 5.09. The number of likely N-dealkylation sites (tertiary alicyclic amines) is 1. The fraction of sp³-hybridized carbons (Fsp3) is 0.458. The Bertz CT molecular complexity index is 1040. The van der Waals surface area contributed by atoms with Crippen LogP contribution < -0.4 is 14.8 Å². The van der Waals surface area contributed by atoms with E-state index in [4.69, 9.17) is 19.2 Å². The lowest BCUT2D eigenvalue weighted by atomic mass is 10.1. The van der Waals surface area contributed by atoms with Crippen LogP contribution in [0.15, 0.2) is 30.3 Å². The van der Waals surface area contributed by atoms with Gasteiger partial charge in [-0.2, -0.15) is 0 Å². The van der Waals surface area contributed by atoms with Crippen molar-refractivity contribution in [2.24, 2.45) is 0 Å². The second kappa shape index (κ2) is 10.1. The van der Waals surface area contributed by atoms with Crippen molar-refractivity contribution in [2.75, 3.05) is 58.9 Å². The molecule has 2 aromatic carbocycles. The van der Waals surface area contributed by atoms with Gasteiger partial charge in [0.25, 0.3) is 0 Å². The molecule has 0 atom stereocenters. The lowest BCUT2D eigenvalue weighted by Gasteiger charge is -2.17. The Balaban J connectivity index is 1.65. The standard InChI is InChI=1S/C24H30FN3O3/c1-29-14-9-26-24-17-15-21(30-2)22(31-13-6-12-28-10-3-4-11-28)16-20(17)27-19-8-5-7-18(25)23(19)24/h5,7-8,15-16H,3-4,6,9-14H2,1-2H3,(H,26,27). The molecular formula is C24H30FN3O3. The number of nitrogens with zero attached hydrogens (tertiary/aromatic N) is 2. The third-order valence-corrected chi connectivity index (χ3v) is 5.72. The van der Waals surface area contributed by atoms with Gasteiger partial charge in [0.2, 0.25) is 0 Å². The molecule has 0 spiro atoms. The number of benzene rings is 2. The zero-order valence-corrected chi connectivity index (χ0v) is 18.2. The maximum Gasteiger partial charge on any atom is 0.163 e. The molecule has 1 saturated heterocycles. The number of rotatable bonds is 10. The smallest absolute Gasteiger partial charge is 0.163 e. The molecule has 0 unspecified atom stereocenters. The molecule has 3 aromatic rings. The number of methoxy groups -OCH3 is 2. The molecule has 0 saturated carbocycles. The van der Waals surface area contributed by atoms with Gasteiger partial charge in [-0.15, -0.1) is 0 Å². The van der Waals surface area contributed by atoms with Gasteiger partial charge >= 0.3 is 0 Å². The molecular weight excluding hydrogens is 397 g/mol. The van der Waals surface area contributed by atoms with E-state index in [-0.39, 0.29) is 5.82 Å². The highest BCUT2D eigenvalue weighted by atomic mass is 19.1. The van der Waals surface area contributed by atoms with E-state index in [0.717, 1.165) is 23.9 Å². The summed E-state index contributed by atoms with van der Waals surface area (Å²) in [6.07, 6.45) is 3.54. The highest BCUT2D eigenvalue weighted by Gasteiger charge is 2.17. The molecule has 31 heavy (non-hydrogen) atoms. The average molecular weight is 428 g/mol. The van der Waals surface area contributed by atoms with Crippen LogP contribution in [-0.4, -0.2) is 63.5 Å². The molecule has 7 heteroatoms. The van der Waals surface area contributed by atoms with Crippen LogP contribution in [0.1, 0.15) is 19.3 Å². The van der Waals surface area contributed by atoms with Crippen LogP contribution in [0.4, 0.5) is 10.1 Å². The van der Waals surface area contributed by atoms with Crippen LogP contribution in [0.25, 0.3) is 21.8 Å². The maximum absolute atomic E-state index is 14.7. The fourth-order valence-corrected chi connectivity index (χ4v) is 4.17. The van der Waals surface area contributed by atoms with Crippen LogP contribution in [0.2, 0.25) is 0 Å². The van der Waals surface area contributed by atoms with Gasteiger partial charge in [-0.3, -0.25) is 0 Å². The van der Waals surface area contributed by atoms with Gasteiger partial charge in [0.15, 0.2) is 11.5 Å². The van der Waals surface area contributed by atoms with Gasteiger partial charge in [-0.05, 0) is 50.6 Å². The summed E-state index contributed by atoms with van der Waals surface area (Å²) in [4.78, 5) is 7.17. The SMILES string of the molecule is COCCNc1c2cc(OC)c(OCCCN3CCCC3)cc2nc2cccc(F)c12. The summed E-state index contributed by atoms with van der Waals surface area (Å²) in [7, 11) is 3.26. The number of hydrogen-bond acceptors (Lipinski definition) is 6. The second-order valence-corrected chi connectivity index (χ2v) is 7.81. The summed E-state index contributed by atoms with van der Waals surface area (Å²) in [5.41, 5.74) is 2.01. The molecule has 1 fully saturated rings. The second-order valence-electron chi connectivity index (χ2n) is 7.81. The number of nitrogens with one attached hydrogen (secondary N) is 1. The summed E-state index contributed by atoms with van der Waals surface area (Å²) >= 11 is 0. The summed E-state index contributed by atoms with van der Waals surface area (Å²) in [5.74, 6) is 0.955. The van der Waals surface area contributed by atoms with Crippen molar-refractivity contribution in [1.29, 1.82) is 0 Å². The molecule has 1 aromatic heterocycles. The number of hydrogen-bond donors (Lipinski definition) is 1. The van der Waals surface area contributed by atoms with E-state index >= 15 is 0 Å². The van der Waals surface area contributed by atoms with Crippen molar-refractivity contribution in [1.82, 2.24) is 9.88 Å². The minimum Gasteiger partial charge on any atom is -0.493 e. The van der Waals surface area contributed by atoms with Crippen molar-refractivity contribution in [3.8, 4) is 11.5 Å². The normalized spacial score (nSPS) is 14.4. The van der Waals surface area contributed by atoms with Gasteiger partial charge < -0.3 is 24.4 Å². The van der Waals surface area contributed by atoms with Gasteiger partial charge in [-0.1, -0.05) is 6.07 Å². The summed E-state index contributed by atoms with van der Waals surface area (Å²) < 4.78 is 31.5. The van der Waals surface area contributed by atoms with Gasteiger partial charge in [0, 0.05) is 31.7 Å². The van der Waals surface area contributed by atoms with E-state index in [1.54, 1.807) is 20.3 Å². The molecule has 2 heterocycles. The molecule has 0 radical (unpaired) electrons. The van der Waals surface area contributed by atoms with E-state index in [0.29, 0.717) is 47.8 Å². The van der Waals surface area contributed by atoms with Crippen LogP contribution in [0.5, 0.6) is 11.5 Å². The van der Waals surface area contributed by atoms with E-state index < -0.39 is 0 Å². The van der Waals surface area contributed by atoms with E-state index in [1.807, 2.05) is 18.2 Å². The average Bonchev–Trinajstić information content (AvgIpc) is 3.29. The quantitative estimate of drug-likeness (QED) is 0.381. The molecule has 0 bridgehead atoms. The largest absolute Gasteiger partial charge is 0.493 e. The van der Waals surface area contributed by atoms with Gasteiger partial charge in [0.05, 0.1) is 42.4 Å². The van der Waals surface area contributed by atoms with Crippen molar-refractivity contribution in [2.45, 2.75) is 19.3 Å². The molecule has 166 valence electrons. The zero-order chi connectivity index (χ0) is 21.6. The minimum atomic E-state index is -0.312. The Labute approximate surface area is 182 Å². The first-order chi connectivity index (χ1) is 15.2. The van der Waals surface area contributed by atoms with Crippen molar-refractivity contribution in [3.63, 3.8) is 0 Å². The first-order valence-corrected chi connectivity index (χ1v) is 10.9. The van der Waals surface area contributed by atoms with Crippen LogP contribution in [0, 0.1) is 5.82 Å². The van der Waals surface area contributed by atoms with Crippen molar-refractivity contribution in [3.05, 3.63) is 36.1 Å². The van der Waals surface area contributed by atoms with Crippen molar-refractivity contribution >= 4 is 27.5 Å². The number of anilines is 1. The van der Waals surface area contributed by atoms with Crippen LogP contribution in [-0.2, 0) is 4.74 Å². The van der Waals surface area contributed by atoms with Crippen LogP contribution in [0.3, 0.4) is 0 Å². The molecule has 4 rings (SSSR count). The number of halogens is 1. The lowest BCUT2D eigenvalue weighted by molar-refractivity contribution is 0.211. The predicted molar refractivity (Wildman–Crippen MR) is 122 cm³/mol. The molecule has 1 N–H and O–H groups in total. The summed E-state index contributed by atoms with van der Waals surface area (Å²) in [6, 6.07) is 8.70. The topological polar surface area (TPSA) is 55.9 Å². The monoisotopic (exact) mass is 427 g/mol. The third kappa shape index (κ3) is 4.83. The van der Waals surface area contributed by atoms with E-state index in [2.05, 4.69) is 10.2 Å². The maximum atomic E-state index is 14.7. The minimum absolute atomic E-state index is 0.312. The van der Waals surface area contributed by atoms with Crippen molar-refractivity contribution < 1.29 is 18.6 Å². The Morgan fingerprint density at radius 1 is 1.06 bits per heavy atom. The molecule has 6 nitrogen and oxygen atoms in total. The van der Waals surface area contributed by atoms with E-state index in [1.165, 1.54) is 32.0 Å². The fourth-order valence-electron chi connectivity index (χ4n) is 4.17. The first-order valence-electron chi connectivity index (χ1n) is 10.9. The third-order valence-electron chi connectivity index (χ3n) is 5.72. The molecule has 1 aliphatic heterocycles. The Kier molecular flexibility index (Phi) is 7.04. The number of fused-ring (bicyclic) bond motifs is 2. The van der Waals surface area contributed by atoms with E-state index in [9.17, 15) is 4.39 Å². The van der Waals surface area contributed by atoms with Gasteiger partial charge in [-0.25, -0.2) is 9.37 Å². The highest BCUT2D eigenvalue weighted by Crippen LogP contribution is 2.39. The van der Waals surface area contributed by atoms with Gasteiger partial charge in [0.1, 0.15) is 5.82 Å². The zero-order valence-electron chi connectivity index (χ0n) is 18.2. The Hall–Kier alpha value is -2.64. The number of pyridine rings is 1. The summed E-state index contributed by atoms with van der Waals surface area (Å²) in [5, 5.41) is 4.57. The molecule has 0 aliphatic carbocycles. The Morgan fingerprint density at radius 3 is 2.68 bits per heavy atom. The highest BCUT2D eigenvalue weighted by molar-refractivity contribution is 6.08. The first kappa shape index (κ1) is 21.6.